The fraction of sp³-hybridized carbons (Fsp3) is 0.125. The molecule has 2 N–H and O–H groups in total. The molecule has 1 aromatic carbocycles. The number of nitrogens with two attached hydrogens (primary N) is 1. The first-order valence-electron chi connectivity index (χ1n) is 6.66. The van der Waals surface area contributed by atoms with E-state index < -0.39 is 0 Å². The minimum absolute atomic E-state index is 0.449. The predicted octanol–water partition coefficient (Wildman–Crippen LogP) is 2.96. The smallest absolute Gasteiger partial charge is 0.163 e. The molecule has 0 aliphatic carbocycles. The SMILES string of the molecule is CN(Cc1ccco1)c1cc(N)nc(-c2ccccc2)n1. The Bertz CT molecular complexity index is 710. The minimum Gasteiger partial charge on any atom is -0.467 e. The summed E-state index contributed by atoms with van der Waals surface area (Å²) in [7, 11) is 1.94. The summed E-state index contributed by atoms with van der Waals surface area (Å²) in [5.74, 6) is 2.70. The standard InChI is InChI=1S/C16H16N4O/c1-20(11-13-8-5-9-21-13)15-10-14(17)18-16(19-15)12-6-3-2-4-7-12/h2-10H,11H2,1H3,(H2,17,18,19). The van der Waals surface area contributed by atoms with Crippen LogP contribution in [-0.4, -0.2) is 17.0 Å². The van der Waals surface area contributed by atoms with Gasteiger partial charge in [0.15, 0.2) is 5.82 Å². The van der Waals surface area contributed by atoms with Gasteiger partial charge in [-0.1, -0.05) is 30.3 Å². The Morgan fingerprint density at radius 1 is 1.10 bits per heavy atom. The van der Waals surface area contributed by atoms with Crippen molar-refractivity contribution < 1.29 is 4.42 Å². The summed E-state index contributed by atoms with van der Waals surface area (Å²) < 4.78 is 5.35. The molecule has 21 heavy (non-hydrogen) atoms. The molecular formula is C16H16N4O. The highest BCUT2D eigenvalue weighted by Crippen LogP contribution is 2.21. The van der Waals surface area contributed by atoms with Gasteiger partial charge in [0, 0.05) is 18.7 Å². The Morgan fingerprint density at radius 3 is 2.62 bits per heavy atom. The Labute approximate surface area is 123 Å². The second-order valence-corrected chi connectivity index (χ2v) is 4.78. The maximum atomic E-state index is 5.91. The van der Waals surface area contributed by atoms with E-state index >= 15 is 0 Å². The van der Waals surface area contributed by atoms with Crippen LogP contribution in [0, 0.1) is 0 Å². The zero-order valence-electron chi connectivity index (χ0n) is 11.7. The molecule has 3 rings (SSSR count). The lowest BCUT2D eigenvalue weighted by molar-refractivity contribution is 0.507. The van der Waals surface area contributed by atoms with Crippen molar-refractivity contribution in [3.05, 3.63) is 60.6 Å². The van der Waals surface area contributed by atoms with Crippen molar-refractivity contribution in [2.45, 2.75) is 6.54 Å². The van der Waals surface area contributed by atoms with E-state index in [9.17, 15) is 0 Å². The van der Waals surface area contributed by atoms with Crippen molar-refractivity contribution >= 4 is 11.6 Å². The fourth-order valence-electron chi connectivity index (χ4n) is 2.08. The summed E-state index contributed by atoms with van der Waals surface area (Å²) >= 11 is 0. The number of nitrogens with zero attached hydrogens (tertiary/aromatic N) is 3. The van der Waals surface area contributed by atoms with Crippen LogP contribution in [-0.2, 0) is 6.54 Å². The molecule has 0 radical (unpaired) electrons. The Kier molecular flexibility index (Phi) is 3.55. The zero-order chi connectivity index (χ0) is 14.7. The number of rotatable bonds is 4. The molecule has 0 fully saturated rings. The summed E-state index contributed by atoms with van der Waals surface area (Å²) in [4.78, 5) is 10.9. The maximum absolute atomic E-state index is 5.91. The Balaban J connectivity index is 1.90. The van der Waals surface area contributed by atoms with Gasteiger partial charge in [0.05, 0.1) is 12.8 Å². The molecule has 2 heterocycles. The number of aromatic nitrogens is 2. The van der Waals surface area contributed by atoms with Crippen molar-refractivity contribution in [2.75, 3.05) is 17.7 Å². The van der Waals surface area contributed by atoms with Gasteiger partial charge >= 0.3 is 0 Å². The molecule has 0 saturated heterocycles. The topological polar surface area (TPSA) is 68.2 Å². The Morgan fingerprint density at radius 2 is 1.90 bits per heavy atom. The van der Waals surface area contributed by atoms with E-state index in [1.807, 2.05) is 54.4 Å². The molecule has 5 heteroatoms. The molecule has 0 amide bonds. The zero-order valence-corrected chi connectivity index (χ0v) is 11.7. The summed E-state index contributed by atoms with van der Waals surface area (Å²) in [5, 5.41) is 0. The van der Waals surface area contributed by atoms with Gasteiger partial charge in [0.1, 0.15) is 17.4 Å². The third-order valence-electron chi connectivity index (χ3n) is 3.13. The van der Waals surface area contributed by atoms with Gasteiger partial charge in [0.25, 0.3) is 0 Å². The van der Waals surface area contributed by atoms with Crippen molar-refractivity contribution in [3.8, 4) is 11.4 Å². The average molecular weight is 280 g/mol. The lowest BCUT2D eigenvalue weighted by Crippen LogP contribution is -2.18. The number of anilines is 2. The van der Waals surface area contributed by atoms with E-state index in [0.29, 0.717) is 18.2 Å². The fourth-order valence-corrected chi connectivity index (χ4v) is 2.08. The maximum Gasteiger partial charge on any atom is 0.163 e. The number of hydrogen-bond donors (Lipinski definition) is 1. The highest BCUT2D eigenvalue weighted by molar-refractivity contribution is 5.60. The van der Waals surface area contributed by atoms with Gasteiger partial charge in [-0.25, -0.2) is 9.97 Å². The molecule has 2 aromatic heterocycles. The quantitative estimate of drug-likeness (QED) is 0.795. The van der Waals surface area contributed by atoms with E-state index in [0.717, 1.165) is 17.1 Å². The number of benzene rings is 1. The number of furan rings is 1. The lowest BCUT2D eigenvalue weighted by atomic mass is 10.2. The molecule has 0 spiro atoms. The Hall–Kier alpha value is -2.82. The van der Waals surface area contributed by atoms with Crippen molar-refractivity contribution in [1.29, 1.82) is 0 Å². The van der Waals surface area contributed by atoms with Crippen molar-refractivity contribution in [2.24, 2.45) is 0 Å². The van der Waals surface area contributed by atoms with Crippen LogP contribution < -0.4 is 10.6 Å². The van der Waals surface area contributed by atoms with E-state index in [2.05, 4.69) is 9.97 Å². The van der Waals surface area contributed by atoms with Crippen molar-refractivity contribution in [3.63, 3.8) is 0 Å². The first-order valence-corrected chi connectivity index (χ1v) is 6.66. The third kappa shape index (κ3) is 3.02. The van der Waals surface area contributed by atoms with Gasteiger partial charge in [-0.3, -0.25) is 0 Å². The van der Waals surface area contributed by atoms with Crippen LogP contribution >= 0.6 is 0 Å². The van der Waals surface area contributed by atoms with E-state index in [1.165, 1.54) is 0 Å². The normalized spacial score (nSPS) is 10.5. The van der Waals surface area contributed by atoms with Crippen LogP contribution in [0.2, 0.25) is 0 Å². The van der Waals surface area contributed by atoms with Crippen LogP contribution in [0.1, 0.15) is 5.76 Å². The molecular weight excluding hydrogens is 264 g/mol. The van der Waals surface area contributed by atoms with E-state index in [-0.39, 0.29) is 0 Å². The molecule has 0 aliphatic heterocycles. The summed E-state index contributed by atoms with van der Waals surface area (Å²) in [6.07, 6.45) is 1.66. The number of nitrogen functional groups attached to an aromatic ring is 1. The highest BCUT2D eigenvalue weighted by atomic mass is 16.3. The van der Waals surface area contributed by atoms with Crippen LogP contribution in [0.4, 0.5) is 11.6 Å². The molecule has 0 aliphatic rings. The van der Waals surface area contributed by atoms with Crippen molar-refractivity contribution in [1.82, 2.24) is 9.97 Å². The minimum atomic E-state index is 0.449. The van der Waals surface area contributed by atoms with Gasteiger partial charge in [-0.05, 0) is 12.1 Å². The molecule has 5 nitrogen and oxygen atoms in total. The summed E-state index contributed by atoms with van der Waals surface area (Å²) in [5.41, 5.74) is 6.85. The van der Waals surface area contributed by atoms with Crippen LogP contribution in [0.25, 0.3) is 11.4 Å². The van der Waals surface area contributed by atoms with Gasteiger partial charge in [-0.15, -0.1) is 0 Å². The van der Waals surface area contributed by atoms with E-state index in [1.54, 1.807) is 12.3 Å². The van der Waals surface area contributed by atoms with Crippen LogP contribution in [0.5, 0.6) is 0 Å². The van der Waals surface area contributed by atoms with Gasteiger partial charge < -0.3 is 15.1 Å². The molecule has 0 atom stereocenters. The van der Waals surface area contributed by atoms with Crippen LogP contribution in [0.3, 0.4) is 0 Å². The average Bonchev–Trinajstić information content (AvgIpc) is 3.00. The van der Waals surface area contributed by atoms with E-state index in [4.69, 9.17) is 10.2 Å². The molecule has 0 unspecified atom stereocenters. The predicted molar refractivity (Wildman–Crippen MR) is 82.7 cm³/mol. The first-order chi connectivity index (χ1) is 10.2. The third-order valence-corrected chi connectivity index (χ3v) is 3.13. The second-order valence-electron chi connectivity index (χ2n) is 4.78. The molecule has 0 saturated carbocycles. The monoisotopic (exact) mass is 280 g/mol. The molecule has 3 aromatic rings. The largest absolute Gasteiger partial charge is 0.467 e. The number of hydrogen-bond acceptors (Lipinski definition) is 5. The van der Waals surface area contributed by atoms with Crippen LogP contribution in [0.15, 0.2) is 59.2 Å². The summed E-state index contributed by atoms with van der Waals surface area (Å²) in [6.45, 7) is 0.623. The van der Waals surface area contributed by atoms with Gasteiger partial charge in [-0.2, -0.15) is 0 Å². The lowest BCUT2D eigenvalue weighted by Gasteiger charge is -2.17. The molecule has 106 valence electrons. The molecule has 0 bridgehead atoms. The first kappa shape index (κ1) is 13.2. The van der Waals surface area contributed by atoms with Gasteiger partial charge in [0.2, 0.25) is 0 Å². The second kappa shape index (κ2) is 5.66. The summed E-state index contributed by atoms with van der Waals surface area (Å²) in [6, 6.07) is 15.3. The highest BCUT2D eigenvalue weighted by Gasteiger charge is 2.10.